The molecule has 0 spiro atoms. The first-order valence-electron chi connectivity index (χ1n) is 11.6. The summed E-state index contributed by atoms with van der Waals surface area (Å²) in [6.45, 7) is 7.57. The van der Waals surface area contributed by atoms with Gasteiger partial charge in [0.1, 0.15) is 5.75 Å². The Morgan fingerprint density at radius 2 is 1.94 bits per heavy atom. The molecule has 1 unspecified atom stereocenters. The van der Waals surface area contributed by atoms with Crippen molar-refractivity contribution in [1.82, 2.24) is 4.57 Å². The molecule has 8 nitrogen and oxygen atoms in total. The zero-order valence-corrected chi connectivity index (χ0v) is 21.6. The number of aromatic nitrogens is 1. The zero-order valence-electron chi connectivity index (χ0n) is 20.8. The van der Waals surface area contributed by atoms with Crippen LogP contribution >= 0.6 is 11.3 Å². The van der Waals surface area contributed by atoms with Crippen LogP contribution in [-0.4, -0.2) is 35.5 Å². The van der Waals surface area contributed by atoms with Crippen molar-refractivity contribution in [2.45, 2.75) is 39.8 Å². The number of aromatic hydroxyl groups is 1. The highest BCUT2D eigenvalue weighted by atomic mass is 32.1. The highest BCUT2D eigenvalue weighted by molar-refractivity contribution is 7.07. The van der Waals surface area contributed by atoms with Crippen LogP contribution in [0.15, 0.2) is 63.5 Å². The third-order valence-electron chi connectivity index (χ3n) is 5.59. The van der Waals surface area contributed by atoms with Gasteiger partial charge in [-0.05, 0) is 69.2 Å². The Balaban J connectivity index is 1.88. The van der Waals surface area contributed by atoms with Crippen LogP contribution in [0.3, 0.4) is 0 Å². The van der Waals surface area contributed by atoms with Gasteiger partial charge < -0.3 is 19.3 Å². The maximum atomic E-state index is 13.7. The van der Waals surface area contributed by atoms with E-state index in [9.17, 15) is 14.7 Å². The number of phenolic OH excluding ortho intramolecular Hbond substituents is 1. The summed E-state index contributed by atoms with van der Waals surface area (Å²) in [7, 11) is 1.47. The standard InChI is InChI=1S/C27H28N2O6S/c1-6-34-26(32)23-16(4)28-27-29(24(23)18-8-10-19(11-9-18)35-15(2)3)25(31)22(36-27)14-17-7-12-21(33-5)20(30)13-17/h7-15,24,30H,6H2,1-5H3/b22-14-. The van der Waals surface area contributed by atoms with Crippen LogP contribution in [0.25, 0.3) is 6.08 Å². The van der Waals surface area contributed by atoms with Crippen molar-refractivity contribution in [2.75, 3.05) is 13.7 Å². The second-order valence-corrected chi connectivity index (χ2v) is 9.48. The number of hydrogen-bond donors (Lipinski definition) is 1. The largest absolute Gasteiger partial charge is 0.504 e. The number of thiazole rings is 1. The third-order valence-corrected chi connectivity index (χ3v) is 6.57. The lowest BCUT2D eigenvalue weighted by Gasteiger charge is -2.25. The van der Waals surface area contributed by atoms with Gasteiger partial charge in [-0.1, -0.05) is 29.5 Å². The molecule has 0 bridgehead atoms. The maximum absolute atomic E-state index is 13.7. The number of rotatable bonds is 7. The van der Waals surface area contributed by atoms with Crippen LogP contribution < -0.4 is 24.4 Å². The third kappa shape index (κ3) is 4.92. The Morgan fingerprint density at radius 1 is 1.22 bits per heavy atom. The zero-order chi connectivity index (χ0) is 26.0. The van der Waals surface area contributed by atoms with Gasteiger partial charge in [-0.15, -0.1) is 0 Å². The minimum absolute atomic E-state index is 0.0168. The number of hydrogen-bond acceptors (Lipinski definition) is 8. The van der Waals surface area contributed by atoms with Crippen LogP contribution in [0.2, 0.25) is 0 Å². The van der Waals surface area contributed by atoms with E-state index in [0.29, 0.717) is 37.7 Å². The summed E-state index contributed by atoms with van der Waals surface area (Å²) >= 11 is 1.22. The van der Waals surface area contributed by atoms with Gasteiger partial charge in [0.2, 0.25) is 0 Å². The fourth-order valence-electron chi connectivity index (χ4n) is 4.06. The van der Waals surface area contributed by atoms with Gasteiger partial charge in [-0.25, -0.2) is 9.79 Å². The number of ether oxygens (including phenoxy) is 3. The van der Waals surface area contributed by atoms with Gasteiger partial charge in [-0.3, -0.25) is 9.36 Å². The van der Waals surface area contributed by atoms with Crippen molar-refractivity contribution in [3.63, 3.8) is 0 Å². The molecule has 1 aliphatic rings. The van der Waals surface area contributed by atoms with Gasteiger partial charge >= 0.3 is 5.97 Å². The Morgan fingerprint density at radius 3 is 2.56 bits per heavy atom. The average molecular weight is 509 g/mol. The van der Waals surface area contributed by atoms with E-state index in [1.807, 2.05) is 38.1 Å². The molecule has 0 saturated heterocycles. The predicted molar refractivity (Wildman–Crippen MR) is 137 cm³/mol. The highest BCUT2D eigenvalue weighted by Gasteiger charge is 2.33. The molecule has 0 radical (unpaired) electrons. The van der Waals surface area contributed by atoms with Crippen molar-refractivity contribution >= 4 is 23.4 Å². The summed E-state index contributed by atoms with van der Waals surface area (Å²) < 4.78 is 18.1. The molecule has 3 aromatic rings. The average Bonchev–Trinajstić information content (AvgIpc) is 3.13. The van der Waals surface area contributed by atoms with Crippen LogP contribution in [0.4, 0.5) is 0 Å². The lowest BCUT2D eigenvalue weighted by Crippen LogP contribution is -2.39. The van der Waals surface area contributed by atoms with Crippen LogP contribution in [0.5, 0.6) is 17.2 Å². The monoisotopic (exact) mass is 508 g/mol. The van der Waals surface area contributed by atoms with Crippen molar-refractivity contribution in [2.24, 2.45) is 4.99 Å². The molecule has 9 heteroatoms. The molecule has 36 heavy (non-hydrogen) atoms. The van der Waals surface area contributed by atoms with Crippen LogP contribution in [0.1, 0.15) is 44.9 Å². The number of carbonyl (C=O) groups is 1. The SMILES string of the molecule is CCOC(=O)C1=C(C)N=c2s/c(=C\c3ccc(OC)c(O)c3)c(=O)n2C1c1ccc(OC(C)C)cc1. The van der Waals surface area contributed by atoms with E-state index in [1.165, 1.54) is 29.1 Å². The summed E-state index contributed by atoms with van der Waals surface area (Å²) in [5.41, 5.74) is 1.88. The maximum Gasteiger partial charge on any atom is 0.338 e. The number of carbonyl (C=O) groups excluding carboxylic acids is 1. The Kier molecular flexibility index (Phi) is 7.30. The minimum atomic E-state index is -0.708. The molecule has 0 aliphatic carbocycles. The summed E-state index contributed by atoms with van der Waals surface area (Å²) in [4.78, 5) is 31.7. The summed E-state index contributed by atoms with van der Waals surface area (Å²) in [6.07, 6.45) is 1.70. The van der Waals surface area contributed by atoms with E-state index in [4.69, 9.17) is 14.2 Å². The van der Waals surface area contributed by atoms with E-state index >= 15 is 0 Å². The van der Waals surface area contributed by atoms with Crippen LogP contribution in [0, 0.1) is 0 Å². The highest BCUT2D eigenvalue weighted by Crippen LogP contribution is 2.32. The van der Waals surface area contributed by atoms with E-state index in [0.717, 1.165) is 5.56 Å². The number of esters is 1. The molecule has 1 aliphatic heterocycles. The molecular weight excluding hydrogens is 480 g/mol. The van der Waals surface area contributed by atoms with Crippen molar-refractivity contribution in [3.05, 3.63) is 84.5 Å². The lowest BCUT2D eigenvalue weighted by atomic mass is 9.96. The van der Waals surface area contributed by atoms with E-state index in [1.54, 1.807) is 32.1 Å². The second kappa shape index (κ2) is 10.4. The van der Waals surface area contributed by atoms with E-state index in [-0.39, 0.29) is 24.0 Å². The molecular formula is C27H28N2O6S. The quantitative estimate of drug-likeness (QED) is 0.492. The van der Waals surface area contributed by atoms with Crippen molar-refractivity contribution < 1.29 is 24.1 Å². The number of methoxy groups -OCH3 is 1. The first kappa shape index (κ1) is 25.2. The van der Waals surface area contributed by atoms with Crippen LogP contribution in [-0.2, 0) is 9.53 Å². The Labute approximate surface area is 212 Å². The number of nitrogens with zero attached hydrogens (tertiary/aromatic N) is 2. The summed E-state index contributed by atoms with van der Waals surface area (Å²) in [5, 5.41) is 10.1. The van der Waals surface area contributed by atoms with Gasteiger partial charge in [0, 0.05) is 0 Å². The molecule has 0 fully saturated rings. The molecule has 4 rings (SSSR count). The van der Waals surface area contributed by atoms with E-state index < -0.39 is 12.0 Å². The number of allylic oxidation sites excluding steroid dienone is 1. The molecule has 2 aromatic carbocycles. The Bertz CT molecular complexity index is 1500. The number of benzene rings is 2. The van der Waals surface area contributed by atoms with Gasteiger partial charge in [0.15, 0.2) is 16.3 Å². The lowest BCUT2D eigenvalue weighted by molar-refractivity contribution is -0.139. The fraction of sp³-hybridized carbons (Fsp3) is 0.296. The first-order chi connectivity index (χ1) is 17.2. The molecule has 1 N–H and O–H groups in total. The minimum Gasteiger partial charge on any atom is -0.504 e. The molecule has 2 heterocycles. The first-order valence-corrected chi connectivity index (χ1v) is 12.4. The van der Waals surface area contributed by atoms with Gasteiger partial charge in [0.05, 0.1) is 41.7 Å². The number of phenols is 1. The molecule has 1 aromatic heterocycles. The second-order valence-electron chi connectivity index (χ2n) is 8.47. The van der Waals surface area contributed by atoms with Gasteiger partial charge in [0.25, 0.3) is 5.56 Å². The summed E-state index contributed by atoms with van der Waals surface area (Å²) in [5.74, 6) is 0.494. The van der Waals surface area contributed by atoms with E-state index in [2.05, 4.69) is 4.99 Å². The topological polar surface area (TPSA) is 99.4 Å². The van der Waals surface area contributed by atoms with Crippen molar-refractivity contribution in [1.29, 1.82) is 0 Å². The smallest absolute Gasteiger partial charge is 0.338 e. The molecule has 0 amide bonds. The molecule has 0 saturated carbocycles. The Hall–Kier alpha value is -3.85. The predicted octanol–water partition coefficient (Wildman–Crippen LogP) is 3.30. The van der Waals surface area contributed by atoms with Crippen molar-refractivity contribution in [3.8, 4) is 17.2 Å². The number of fused-ring (bicyclic) bond motifs is 1. The fourth-order valence-corrected chi connectivity index (χ4v) is 5.10. The molecule has 1 atom stereocenters. The summed E-state index contributed by atoms with van der Waals surface area (Å²) in [6, 6.07) is 11.5. The van der Waals surface area contributed by atoms with Gasteiger partial charge in [-0.2, -0.15) is 0 Å². The normalized spacial score (nSPS) is 15.5. The molecule has 188 valence electrons.